The standard InChI is InChI=1S/C13H12FNO2S.C13H10N2O2.C13H15NO2.C12H10FNO2S.C12H12N2O2.C12H13NO2.2C11H10N2O2.C11H11NO2/c1-8-5-11-10-7-9(14)3-4-12(10)15(2)18(16,17)13(11)6-8;1-7-2-9-8(5-14)4-11-13(10(9)3-7)15-12(16)6-17-11;1-8-6-9-10(7-8)13(15)14(2)11-4-3-5-16-12(9)11;1-7-4-10-9-6-8(13)2-3-11(9)14-17(15,16)12(10)5-7;1-7-3-8-9(4-7)13-5-10-12(8)16-6-11(15)14(10)2;1-7-5-8-9(6-7)12(14)13-10-3-2-4-15-11(8)10;1-6-2-7-8(3-6)12-4-9-11(7)13-10(14)5-15-9;1-6-2-7-8(3-6)12-4-9-11(7)15-5-10(14)13-9;1-7-4-8-9(5-7)12-6-10-11(8)14-3-2-13-10/h3-4,6-7H,5H2,1-2H3;2,4H,3,6H2,1H3,(H,15,16);7H,3-6H2,1-2H3;2-3,5-6,14H,4H2,1H3;4-5H,3,6H2,1-2H3;6H,2-5H2,1H3,(H,13,14);2*3-4H,2,5H2,1H3,(H,13,14);5-6H,2-4H2,1H3. The molecule has 143 heavy (non-hydrogen) atoms. The highest BCUT2D eigenvalue weighted by Gasteiger charge is 2.40. The van der Waals surface area contributed by atoms with Gasteiger partial charge in [0.2, 0.25) is 0 Å². The first-order chi connectivity index (χ1) is 68.5. The Labute approximate surface area is 824 Å². The van der Waals surface area contributed by atoms with Gasteiger partial charge < -0.3 is 68.3 Å². The molecular weight excluding hydrogens is 1870 g/mol. The van der Waals surface area contributed by atoms with Crippen molar-refractivity contribution in [3.05, 3.63) is 278 Å². The minimum atomic E-state index is -3.49. The Hall–Kier alpha value is -15.6. The third-order valence-corrected chi connectivity index (χ3v) is 30.0. The van der Waals surface area contributed by atoms with Crippen LogP contribution in [0.1, 0.15) is 194 Å². The number of fused-ring (bicyclic) bond motifs is 25. The highest BCUT2D eigenvalue weighted by Crippen LogP contribution is 2.50. The molecule has 15 heterocycles. The Balaban J connectivity index is 0.000000102. The van der Waals surface area contributed by atoms with Gasteiger partial charge in [0.25, 0.3) is 54.8 Å². The van der Waals surface area contributed by atoms with E-state index in [0.717, 1.165) is 231 Å². The lowest BCUT2D eigenvalue weighted by atomic mass is 10.00. The summed E-state index contributed by atoms with van der Waals surface area (Å²) in [6, 6.07) is 12.2. The second kappa shape index (κ2) is 38.8. The van der Waals surface area contributed by atoms with Gasteiger partial charge in [0.1, 0.15) is 53.5 Å². The van der Waals surface area contributed by atoms with Gasteiger partial charge in [0.15, 0.2) is 55.2 Å². The first-order valence-electron chi connectivity index (χ1n) is 47.0. The second-order valence-corrected chi connectivity index (χ2v) is 41.4. The van der Waals surface area contributed by atoms with Crippen LogP contribution in [0.5, 0.6) is 46.0 Å². The van der Waals surface area contributed by atoms with Crippen LogP contribution < -0.4 is 78.9 Å². The number of allylic oxidation sites excluding steroid dienone is 13. The molecule has 734 valence electrons. The molecule has 0 saturated heterocycles. The van der Waals surface area contributed by atoms with Gasteiger partial charge in [-0.2, -0.15) is 5.26 Å². The zero-order valence-corrected chi connectivity index (χ0v) is 82.5. The second-order valence-electron chi connectivity index (χ2n) is 37.8. The number of hydrogen-bond donors (Lipinski definition) is 5. The number of carbonyl (C=O) groups is 4. The molecule has 4 amide bonds. The summed E-state index contributed by atoms with van der Waals surface area (Å²) in [6.07, 6.45) is 35.3. The number of aromatic nitrogens is 6. The van der Waals surface area contributed by atoms with E-state index in [4.69, 9.17) is 43.2 Å². The topological polar surface area (TPSA) is 395 Å². The number of aryl methyl sites for hydroxylation is 1. The first-order valence-corrected chi connectivity index (χ1v) is 49.9. The van der Waals surface area contributed by atoms with Crippen LogP contribution >= 0.6 is 0 Å². The van der Waals surface area contributed by atoms with Crippen molar-refractivity contribution < 1.29 is 82.7 Å². The Morgan fingerprint density at radius 3 is 1.57 bits per heavy atom. The monoisotopic (exact) mass is 1970 g/mol. The van der Waals surface area contributed by atoms with E-state index in [9.17, 15) is 54.4 Å². The molecule has 9 aliphatic carbocycles. The maximum atomic E-state index is 13.4. The smallest absolute Gasteiger partial charge is 0.264 e. The Kier molecular flexibility index (Phi) is 26.1. The third kappa shape index (κ3) is 19.1. The predicted molar refractivity (Wildman–Crippen MR) is 541 cm³/mol. The van der Waals surface area contributed by atoms with Gasteiger partial charge in [-0.05, 0) is 253 Å². The van der Waals surface area contributed by atoms with Crippen LogP contribution in [0, 0.1) is 23.0 Å². The number of nitrogens with one attached hydrogen (secondary N) is 5. The molecule has 0 bridgehead atoms. The van der Waals surface area contributed by atoms with Crippen molar-refractivity contribution in [2.24, 2.45) is 7.05 Å². The number of hydrogen-bond acceptors (Lipinski definition) is 23. The summed E-state index contributed by atoms with van der Waals surface area (Å²) < 4.78 is 125. The van der Waals surface area contributed by atoms with Gasteiger partial charge in [-0.25, -0.2) is 25.6 Å². The van der Waals surface area contributed by atoms with Gasteiger partial charge in [-0.1, -0.05) is 56.2 Å². The fraction of sp³-hybridized carbons (Fsp3) is 0.306. The molecule has 9 aromatic rings. The Morgan fingerprint density at radius 2 is 0.902 bits per heavy atom. The molecule has 18 aliphatic rings. The molecule has 6 aromatic heterocycles. The molecule has 0 spiro atoms. The van der Waals surface area contributed by atoms with E-state index >= 15 is 0 Å². The lowest BCUT2D eigenvalue weighted by molar-refractivity contribution is -0.121. The zero-order chi connectivity index (χ0) is 101. The van der Waals surface area contributed by atoms with E-state index in [1.807, 2.05) is 52.1 Å². The number of amides is 4. The Bertz CT molecular complexity index is 7890. The van der Waals surface area contributed by atoms with Crippen LogP contribution in [0.25, 0.3) is 53.7 Å². The van der Waals surface area contributed by atoms with Crippen molar-refractivity contribution in [3.63, 3.8) is 0 Å². The molecule has 35 heteroatoms. The summed E-state index contributed by atoms with van der Waals surface area (Å²) in [6.45, 7) is 21.3. The number of ether oxygens (including phenoxy) is 8. The van der Waals surface area contributed by atoms with E-state index in [-0.39, 0.29) is 77.7 Å². The van der Waals surface area contributed by atoms with Gasteiger partial charge in [-0.3, -0.25) is 57.7 Å². The van der Waals surface area contributed by atoms with Crippen molar-refractivity contribution in [2.75, 3.05) is 96.8 Å². The number of H-pyrrole nitrogens is 1. The fourth-order valence-electron chi connectivity index (χ4n) is 20.2. The van der Waals surface area contributed by atoms with E-state index in [2.05, 4.69) is 111 Å². The van der Waals surface area contributed by atoms with Crippen LogP contribution in [0.4, 0.5) is 42.9 Å². The normalized spacial score (nSPS) is 18.1. The molecule has 0 unspecified atom stereocenters. The van der Waals surface area contributed by atoms with Gasteiger partial charge in [0.05, 0.1) is 116 Å². The maximum absolute atomic E-state index is 13.4. The number of benzene rings is 3. The van der Waals surface area contributed by atoms with E-state index in [1.54, 1.807) is 59.5 Å². The van der Waals surface area contributed by atoms with Gasteiger partial charge in [-0.15, -0.1) is 0 Å². The van der Waals surface area contributed by atoms with Crippen molar-refractivity contribution in [1.29, 1.82) is 5.26 Å². The summed E-state index contributed by atoms with van der Waals surface area (Å²) in [4.78, 5) is 91.5. The molecule has 0 radical (unpaired) electrons. The number of sulfonamides is 2. The van der Waals surface area contributed by atoms with Crippen LogP contribution in [-0.4, -0.2) is 137 Å². The number of carbonyl (C=O) groups excluding carboxylic acids is 4. The first kappa shape index (κ1) is 96.3. The van der Waals surface area contributed by atoms with Crippen molar-refractivity contribution in [2.45, 2.75) is 146 Å². The summed E-state index contributed by atoms with van der Waals surface area (Å²) in [5.41, 5.74) is 34.3. The van der Waals surface area contributed by atoms with Crippen molar-refractivity contribution in [3.8, 4) is 52.1 Å². The molecule has 9 aliphatic heterocycles. The van der Waals surface area contributed by atoms with E-state index in [1.165, 1.54) is 92.3 Å². The highest BCUT2D eigenvalue weighted by atomic mass is 32.2. The molecule has 3 aromatic carbocycles. The molecule has 5 N–H and O–H groups in total. The third-order valence-electron chi connectivity index (χ3n) is 26.8. The number of aromatic amines is 1. The number of nitrogens with zero attached hydrogens (tertiary/aromatic N) is 8. The highest BCUT2D eigenvalue weighted by molar-refractivity contribution is 7.97. The molecule has 27 rings (SSSR count). The molecule has 0 fully saturated rings. The maximum Gasteiger partial charge on any atom is 0.264 e. The van der Waals surface area contributed by atoms with Crippen LogP contribution in [0.2, 0.25) is 0 Å². The molecule has 0 saturated carbocycles. The number of anilines is 6. The largest absolute Gasteiger partial charge is 0.491 e. The van der Waals surface area contributed by atoms with Crippen molar-refractivity contribution >= 4 is 131 Å². The SMILES string of the molecule is CC1=CC2=C(C1)c1cc(F)ccc1N(C)S2(=O)=O.CC1=CC2=C(C1)c1cc(F)ccc1NS2(=O)=O.CC1=Cc2c(C#N)cc3c(c2C1)NC(=O)CO3.CC1=Cc2c(c3c([nH]c2=O)CCCO3)C1.CC1=Cc2c(c3c(n(C)c2=O)CCCO3)C1.CC1=Cc2ncc3c(c2C1)NC(=O)CO3.CC1=Cc2ncc3c(c2C1)OCC(=O)N3.CC1=Cc2ncc3c(c2C1)OCC(=O)N3C.CC1=Cc2ncc3c(c2C1)OCCO3. The zero-order valence-electron chi connectivity index (χ0n) is 80.9. The summed E-state index contributed by atoms with van der Waals surface area (Å²) in [7, 11) is -1.87. The summed E-state index contributed by atoms with van der Waals surface area (Å²) >= 11 is 0. The minimum Gasteiger partial charge on any atom is -0.491 e. The summed E-state index contributed by atoms with van der Waals surface area (Å²) in [5.74, 6) is 5.37. The molecular formula is C108H103F2N13O18S2. The molecule has 31 nitrogen and oxygen atoms in total. The van der Waals surface area contributed by atoms with E-state index in [0.29, 0.717) is 87.4 Å². The Morgan fingerprint density at radius 1 is 0.413 bits per heavy atom. The van der Waals surface area contributed by atoms with Gasteiger partial charge in [0, 0.05) is 82.8 Å². The lowest BCUT2D eigenvalue weighted by Gasteiger charge is -2.28. The quantitative estimate of drug-likeness (QED) is 0.0941. The number of pyridine rings is 6. The minimum absolute atomic E-state index is 0.0169. The average molecular weight is 1970 g/mol. The number of rotatable bonds is 0. The van der Waals surface area contributed by atoms with Crippen molar-refractivity contribution in [1.82, 2.24) is 29.5 Å². The molecule has 0 atom stereocenters. The number of halogens is 2. The number of likely N-dealkylation sites (N-methyl/N-ethyl adjacent to an activating group) is 1. The van der Waals surface area contributed by atoms with Crippen LogP contribution in [0.3, 0.4) is 0 Å². The number of nitriles is 1. The van der Waals surface area contributed by atoms with Crippen LogP contribution in [-0.2, 0) is 104 Å². The predicted octanol–water partition coefficient (Wildman–Crippen LogP) is 16.4. The fourth-order valence-corrected chi connectivity index (χ4v) is 23.1. The lowest BCUT2D eigenvalue weighted by Crippen LogP contribution is -2.36. The van der Waals surface area contributed by atoms with Crippen LogP contribution in [0.15, 0.2) is 149 Å². The van der Waals surface area contributed by atoms with Gasteiger partial charge >= 0.3 is 0 Å². The average Bonchev–Trinajstić information content (AvgIpc) is 1.72. The van der Waals surface area contributed by atoms with E-state index < -0.39 is 20.0 Å². The summed E-state index contributed by atoms with van der Waals surface area (Å²) in [5, 5.41) is 17.5.